The van der Waals surface area contributed by atoms with Crippen molar-refractivity contribution in [3.8, 4) is 0 Å². The second kappa shape index (κ2) is 3.01. The molecule has 3 nitrogen and oxygen atoms in total. The molecule has 12 heavy (non-hydrogen) atoms. The number of hydrogen-bond acceptors (Lipinski definition) is 2. The van der Waals surface area contributed by atoms with E-state index in [-0.39, 0.29) is 12.1 Å². The van der Waals surface area contributed by atoms with Crippen molar-refractivity contribution >= 4 is 5.91 Å². The summed E-state index contributed by atoms with van der Waals surface area (Å²) in [5, 5.41) is 0. The van der Waals surface area contributed by atoms with E-state index in [1.165, 1.54) is 0 Å². The first-order valence-corrected chi connectivity index (χ1v) is 3.99. The predicted octanol–water partition coefficient (Wildman–Crippen LogP) is 0.634. The van der Waals surface area contributed by atoms with Crippen LogP contribution in [0, 0.1) is 0 Å². The van der Waals surface area contributed by atoms with Gasteiger partial charge in [0.25, 0.3) is 5.91 Å². The molecule has 0 aromatic rings. The summed E-state index contributed by atoms with van der Waals surface area (Å²) in [4.78, 5) is 12.7. The molecule has 1 aliphatic rings. The summed E-state index contributed by atoms with van der Waals surface area (Å²) in [6, 6.07) is 0.444. The molecular formula is C9H14N2O. The topological polar surface area (TPSA) is 46.3 Å². The fraction of sp³-hybridized carbons (Fsp3) is 0.444. The molecule has 0 bridgehead atoms. The first-order valence-electron chi connectivity index (χ1n) is 3.99. The van der Waals surface area contributed by atoms with Gasteiger partial charge < -0.3 is 10.6 Å². The van der Waals surface area contributed by atoms with Gasteiger partial charge in [-0.05, 0) is 13.8 Å². The van der Waals surface area contributed by atoms with Crippen LogP contribution >= 0.6 is 0 Å². The van der Waals surface area contributed by atoms with Gasteiger partial charge in [0.1, 0.15) is 0 Å². The zero-order valence-electron chi connectivity index (χ0n) is 7.45. The zero-order valence-corrected chi connectivity index (χ0v) is 7.45. The van der Waals surface area contributed by atoms with Gasteiger partial charge in [-0.2, -0.15) is 0 Å². The summed E-state index contributed by atoms with van der Waals surface area (Å²) in [7, 11) is 0. The minimum absolute atomic E-state index is 0.222. The van der Waals surface area contributed by atoms with E-state index in [0.29, 0.717) is 5.70 Å². The van der Waals surface area contributed by atoms with Gasteiger partial charge in [-0.25, -0.2) is 0 Å². The van der Waals surface area contributed by atoms with Crippen LogP contribution in [-0.4, -0.2) is 22.9 Å². The van der Waals surface area contributed by atoms with Crippen LogP contribution in [0.15, 0.2) is 24.4 Å². The standard InChI is InChI=1S/C9H14N2O/c1-6-4-5-7(2)11(6)8(3)9(10)12/h4-7H,3H2,1-2H3,(H2,10,12)/t6-,7-/m1/s1. The molecule has 0 saturated carbocycles. The van der Waals surface area contributed by atoms with Crippen LogP contribution < -0.4 is 5.73 Å². The number of amides is 1. The van der Waals surface area contributed by atoms with Crippen molar-refractivity contribution in [3.63, 3.8) is 0 Å². The fourth-order valence-corrected chi connectivity index (χ4v) is 1.50. The molecule has 0 saturated heterocycles. The van der Waals surface area contributed by atoms with E-state index in [4.69, 9.17) is 5.73 Å². The van der Waals surface area contributed by atoms with E-state index in [9.17, 15) is 4.79 Å². The minimum Gasteiger partial charge on any atom is -0.364 e. The average molecular weight is 166 g/mol. The highest BCUT2D eigenvalue weighted by molar-refractivity contribution is 5.90. The first kappa shape index (κ1) is 8.84. The summed E-state index contributed by atoms with van der Waals surface area (Å²) < 4.78 is 0. The van der Waals surface area contributed by atoms with Gasteiger partial charge >= 0.3 is 0 Å². The lowest BCUT2D eigenvalue weighted by molar-refractivity contribution is -0.116. The maximum Gasteiger partial charge on any atom is 0.264 e. The van der Waals surface area contributed by atoms with Crippen molar-refractivity contribution in [2.24, 2.45) is 5.73 Å². The molecule has 66 valence electrons. The molecule has 0 spiro atoms. The number of hydrogen-bond donors (Lipinski definition) is 1. The molecule has 2 N–H and O–H groups in total. The lowest BCUT2D eigenvalue weighted by atomic mass is 10.2. The Morgan fingerprint density at radius 3 is 2.17 bits per heavy atom. The van der Waals surface area contributed by atoms with E-state index >= 15 is 0 Å². The quantitative estimate of drug-likeness (QED) is 0.483. The SMILES string of the molecule is C=C(C(N)=O)N1[C@H](C)C=C[C@H]1C. The Morgan fingerprint density at radius 2 is 1.83 bits per heavy atom. The van der Waals surface area contributed by atoms with E-state index < -0.39 is 5.91 Å². The Hall–Kier alpha value is -1.25. The molecular weight excluding hydrogens is 152 g/mol. The fourth-order valence-electron chi connectivity index (χ4n) is 1.50. The van der Waals surface area contributed by atoms with Crippen LogP contribution in [0.1, 0.15) is 13.8 Å². The van der Waals surface area contributed by atoms with Crippen LogP contribution in [0.5, 0.6) is 0 Å². The number of rotatable bonds is 2. The van der Waals surface area contributed by atoms with E-state index in [0.717, 1.165) is 0 Å². The third-order valence-corrected chi connectivity index (χ3v) is 2.14. The Kier molecular flexibility index (Phi) is 2.22. The molecule has 0 unspecified atom stereocenters. The van der Waals surface area contributed by atoms with Crippen LogP contribution in [-0.2, 0) is 4.79 Å². The van der Waals surface area contributed by atoms with Crippen molar-refractivity contribution in [1.82, 2.24) is 4.90 Å². The molecule has 0 aromatic heterocycles. The molecule has 0 aromatic carbocycles. The maximum absolute atomic E-state index is 10.8. The number of nitrogens with zero attached hydrogens (tertiary/aromatic N) is 1. The molecule has 0 fully saturated rings. The molecule has 0 radical (unpaired) electrons. The highest BCUT2D eigenvalue weighted by Crippen LogP contribution is 2.20. The maximum atomic E-state index is 10.8. The second-order valence-corrected chi connectivity index (χ2v) is 3.08. The van der Waals surface area contributed by atoms with Crippen molar-refractivity contribution in [1.29, 1.82) is 0 Å². The minimum atomic E-state index is -0.447. The van der Waals surface area contributed by atoms with Gasteiger partial charge in [0.05, 0.1) is 5.70 Å². The Labute approximate surface area is 72.5 Å². The number of carbonyl (C=O) groups is 1. The van der Waals surface area contributed by atoms with Crippen molar-refractivity contribution < 1.29 is 4.79 Å². The van der Waals surface area contributed by atoms with Gasteiger partial charge in [-0.15, -0.1) is 0 Å². The third-order valence-electron chi connectivity index (χ3n) is 2.14. The smallest absolute Gasteiger partial charge is 0.264 e. The lowest BCUT2D eigenvalue weighted by Crippen LogP contribution is -2.37. The predicted molar refractivity (Wildman–Crippen MR) is 48.2 cm³/mol. The first-order chi connectivity index (χ1) is 5.54. The van der Waals surface area contributed by atoms with Crippen molar-refractivity contribution in [2.75, 3.05) is 0 Å². The summed E-state index contributed by atoms with van der Waals surface area (Å²) in [6.07, 6.45) is 4.08. The Morgan fingerprint density at radius 1 is 1.42 bits per heavy atom. The summed E-state index contributed by atoms with van der Waals surface area (Å²) in [6.45, 7) is 7.66. The summed E-state index contributed by atoms with van der Waals surface area (Å²) in [5.41, 5.74) is 5.52. The average Bonchev–Trinajstić information content (AvgIpc) is 2.30. The van der Waals surface area contributed by atoms with Crippen LogP contribution in [0.25, 0.3) is 0 Å². The molecule has 3 heteroatoms. The molecule has 1 rings (SSSR count). The number of nitrogens with two attached hydrogens (primary N) is 1. The summed E-state index contributed by atoms with van der Waals surface area (Å²) >= 11 is 0. The normalized spacial score (nSPS) is 27.7. The number of carbonyl (C=O) groups excluding carboxylic acids is 1. The Bertz CT molecular complexity index is 233. The largest absolute Gasteiger partial charge is 0.364 e. The van der Waals surface area contributed by atoms with Gasteiger partial charge in [-0.3, -0.25) is 4.79 Å². The van der Waals surface area contributed by atoms with Gasteiger partial charge in [0, 0.05) is 12.1 Å². The lowest BCUT2D eigenvalue weighted by Gasteiger charge is -2.28. The van der Waals surface area contributed by atoms with Gasteiger partial charge in [0.2, 0.25) is 0 Å². The highest BCUT2D eigenvalue weighted by Gasteiger charge is 2.25. The second-order valence-electron chi connectivity index (χ2n) is 3.08. The van der Waals surface area contributed by atoms with Crippen molar-refractivity contribution in [3.05, 3.63) is 24.4 Å². The molecule has 2 atom stereocenters. The molecule has 0 aliphatic carbocycles. The highest BCUT2D eigenvalue weighted by atomic mass is 16.1. The molecule has 1 aliphatic heterocycles. The van der Waals surface area contributed by atoms with E-state index in [1.807, 2.05) is 30.9 Å². The molecule has 1 heterocycles. The van der Waals surface area contributed by atoms with Crippen LogP contribution in [0.2, 0.25) is 0 Å². The number of primary amides is 1. The zero-order chi connectivity index (χ0) is 9.30. The monoisotopic (exact) mass is 166 g/mol. The van der Waals surface area contributed by atoms with E-state index in [1.54, 1.807) is 0 Å². The van der Waals surface area contributed by atoms with Gasteiger partial charge in [0.15, 0.2) is 0 Å². The third kappa shape index (κ3) is 1.35. The molecule has 1 amide bonds. The van der Waals surface area contributed by atoms with Crippen molar-refractivity contribution in [2.45, 2.75) is 25.9 Å². The summed E-state index contributed by atoms with van der Waals surface area (Å²) in [5.74, 6) is -0.447. The van der Waals surface area contributed by atoms with Crippen LogP contribution in [0.3, 0.4) is 0 Å². The van der Waals surface area contributed by atoms with Gasteiger partial charge in [-0.1, -0.05) is 18.7 Å². The van der Waals surface area contributed by atoms with E-state index in [2.05, 4.69) is 6.58 Å². The van der Waals surface area contributed by atoms with Crippen LogP contribution in [0.4, 0.5) is 0 Å². The Balaban J connectivity index is 2.76.